The molecule has 2 rings (SSSR count). The second kappa shape index (κ2) is 4.64. The fraction of sp³-hybridized carbons (Fsp3) is 0.429. The van der Waals surface area contributed by atoms with Gasteiger partial charge in [0.2, 0.25) is 0 Å². The molecule has 1 aliphatic heterocycles. The highest BCUT2D eigenvalue weighted by molar-refractivity contribution is 6.01. The van der Waals surface area contributed by atoms with E-state index in [4.69, 9.17) is 4.74 Å². The van der Waals surface area contributed by atoms with E-state index >= 15 is 0 Å². The van der Waals surface area contributed by atoms with Gasteiger partial charge in [0.05, 0.1) is 13.1 Å². The average molecular weight is 265 g/mol. The monoisotopic (exact) mass is 265 g/mol. The number of hydrogen-bond acceptors (Lipinski definition) is 3. The zero-order valence-corrected chi connectivity index (χ0v) is 11.2. The molecule has 1 amide bonds. The lowest BCUT2D eigenvalue weighted by molar-refractivity contribution is 0.0218. The number of rotatable bonds is 0. The quantitative estimate of drug-likeness (QED) is 0.724. The maximum absolute atomic E-state index is 13.7. The molecule has 4 nitrogen and oxygen atoms in total. The van der Waals surface area contributed by atoms with Crippen molar-refractivity contribution in [1.82, 2.24) is 4.90 Å². The Balaban J connectivity index is 2.24. The highest BCUT2D eigenvalue weighted by atomic mass is 19.1. The Bertz CT molecular complexity index is 534. The first-order chi connectivity index (χ1) is 8.78. The van der Waals surface area contributed by atoms with Crippen LogP contribution in [0.25, 0.3) is 0 Å². The topological polar surface area (TPSA) is 46.6 Å². The zero-order chi connectivity index (χ0) is 14.2. The van der Waals surface area contributed by atoms with Crippen LogP contribution < -0.4 is 0 Å². The molecule has 0 radical (unpaired) electrons. The number of Topliss-reactive ketones (excluding diaryl/α,β-unsaturated/α-hetero) is 1. The van der Waals surface area contributed by atoms with Crippen molar-refractivity contribution in [2.45, 2.75) is 32.9 Å². The van der Waals surface area contributed by atoms with Gasteiger partial charge in [-0.3, -0.25) is 9.69 Å². The van der Waals surface area contributed by atoms with Crippen molar-refractivity contribution in [3.8, 4) is 0 Å². The number of hydrogen-bond donors (Lipinski definition) is 0. The van der Waals surface area contributed by atoms with E-state index in [1.54, 1.807) is 26.8 Å². The van der Waals surface area contributed by atoms with Crippen molar-refractivity contribution in [3.63, 3.8) is 0 Å². The van der Waals surface area contributed by atoms with E-state index in [0.29, 0.717) is 5.56 Å². The van der Waals surface area contributed by atoms with Crippen LogP contribution in [0.5, 0.6) is 0 Å². The molecule has 1 aromatic rings. The molecule has 19 heavy (non-hydrogen) atoms. The van der Waals surface area contributed by atoms with Crippen LogP contribution in [0, 0.1) is 5.82 Å². The van der Waals surface area contributed by atoms with E-state index < -0.39 is 17.5 Å². The van der Waals surface area contributed by atoms with E-state index in [0.717, 1.165) is 0 Å². The van der Waals surface area contributed by atoms with Gasteiger partial charge in [-0.25, -0.2) is 9.18 Å². The molecule has 0 atom stereocenters. The Morgan fingerprint density at radius 3 is 2.63 bits per heavy atom. The highest BCUT2D eigenvalue weighted by Crippen LogP contribution is 2.23. The van der Waals surface area contributed by atoms with Crippen molar-refractivity contribution in [1.29, 1.82) is 0 Å². The maximum atomic E-state index is 13.7. The molecule has 0 N–H and O–H groups in total. The second-order valence-corrected chi connectivity index (χ2v) is 5.53. The van der Waals surface area contributed by atoms with Crippen LogP contribution in [0.4, 0.5) is 9.18 Å². The molecule has 0 saturated carbocycles. The summed E-state index contributed by atoms with van der Waals surface area (Å²) in [5, 5.41) is 0. The Kier molecular flexibility index (Phi) is 3.30. The largest absolute Gasteiger partial charge is 0.444 e. The third kappa shape index (κ3) is 2.92. The van der Waals surface area contributed by atoms with Crippen LogP contribution in [0.3, 0.4) is 0 Å². The van der Waals surface area contributed by atoms with Gasteiger partial charge in [-0.2, -0.15) is 0 Å². The summed E-state index contributed by atoms with van der Waals surface area (Å²) in [5.41, 5.74) is -0.0419. The number of ether oxygens (including phenoxy) is 1. The minimum atomic E-state index is -0.643. The molecule has 1 heterocycles. The number of ketones is 1. The lowest BCUT2D eigenvalue weighted by Gasteiger charge is -2.30. The number of fused-ring (bicyclic) bond motifs is 1. The molecule has 0 unspecified atom stereocenters. The Morgan fingerprint density at radius 1 is 1.32 bits per heavy atom. The summed E-state index contributed by atoms with van der Waals surface area (Å²) in [6.07, 6.45) is -0.602. The van der Waals surface area contributed by atoms with Gasteiger partial charge in [0.25, 0.3) is 0 Å². The number of amides is 1. The van der Waals surface area contributed by atoms with E-state index in [1.165, 1.54) is 17.0 Å². The van der Waals surface area contributed by atoms with Gasteiger partial charge in [0.15, 0.2) is 5.78 Å². The standard InChI is InChI=1S/C14H16FNO3/c1-14(2,3)19-13(18)16-7-10-9(12(17)8-16)5-4-6-11(10)15/h4-6H,7-8H2,1-3H3. The lowest BCUT2D eigenvalue weighted by atomic mass is 9.98. The maximum Gasteiger partial charge on any atom is 0.411 e. The molecule has 0 fully saturated rings. The third-order valence-corrected chi connectivity index (χ3v) is 2.75. The first-order valence-corrected chi connectivity index (χ1v) is 6.06. The summed E-state index contributed by atoms with van der Waals surface area (Å²) < 4.78 is 18.9. The Hall–Kier alpha value is -1.91. The minimum absolute atomic E-state index is 0.0582. The fourth-order valence-corrected chi connectivity index (χ4v) is 1.94. The van der Waals surface area contributed by atoms with Crippen LogP contribution in [0.2, 0.25) is 0 Å². The van der Waals surface area contributed by atoms with Crippen molar-refractivity contribution in [2.24, 2.45) is 0 Å². The van der Waals surface area contributed by atoms with Gasteiger partial charge < -0.3 is 4.74 Å². The first-order valence-electron chi connectivity index (χ1n) is 6.06. The smallest absolute Gasteiger partial charge is 0.411 e. The second-order valence-electron chi connectivity index (χ2n) is 5.53. The SMILES string of the molecule is CC(C)(C)OC(=O)N1CC(=O)c2cccc(F)c2C1. The van der Waals surface area contributed by atoms with Gasteiger partial charge in [0.1, 0.15) is 11.4 Å². The Morgan fingerprint density at radius 2 is 2.00 bits per heavy atom. The third-order valence-electron chi connectivity index (χ3n) is 2.75. The number of carbonyl (C=O) groups is 2. The number of nitrogens with zero attached hydrogens (tertiary/aromatic N) is 1. The molecule has 1 aliphatic rings. The van der Waals surface area contributed by atoms with E-state index in [1.807, 2.05) is 0 Å². The molecule has 0 aliphatic carbocycles. The molecule has 1 aromatic carbocycles. The van der Waals surface area contributed by atoms with Gasteiger partial charge in [-0.15, -0.1) is 0 Å². The van der Waals surface area contributed by atoms with E-state index in [2.05, 4.69) is 0 Å². The number of carbonyl (C=O) groups excluding carboxylic acids is 2. The van der Waals surface area contributed by atoms with E-state index in [9.17, 15) is 14.0 Å². The summed E-state index contributed by atoms with van der Waals surface area (Å²) >= 11 is 0. The molecule has 0 saturated heterocycles. The van der Waals surface area contributed by atoms with E-state index in [-0.39, 0.29) is 24.4 Å². The molecule has 5 heteroatoms. The predicted molar refractivity (Wildman–Crippen MR) is 67.4 cm³/mol. The van der Waals surface area contributed by atoms with Gasteiger partial charge >= 0.3 is 6.09 Å². The van der Waals surface area contributed by atoms with Crippen LogP contribution >= 0.6 is 0 Å². The summed E-state index contributed by atoms with van der Waals surface area (Å²) in [6, 6.07) is 4.35. The Labute approximate surface area is 111 Å². The summed E-state index contributed by atoms with van der Waals surface area (Å²) in [5.74, 6) is -0.745. The van der Waals surface area contributed by atoms with Gasteiger partial charge in [-0.1, -0.05) is 12.1 Å². The van der Waals surface area contributed by atoms with Crippen LogP contribution in [-0.2, 0) is 11.3 Å². The summed E-state index contributed by atoms with van der Waals surface area (Å²) in [6.45, 7) is 5.20. The fourth-order valence-electron chi connectivity index (χ4n) is 1.94. The van der Waals surface area contributed by atoms with Gasteiger partial charge in [0, 0.05) is 11.1 Å². The van der Waals surface area contributed by atoms with Crippen LogP contribution in [0.15, 0.2) is 18.2 Å². The molecular weight excluding hydrogens is 249 g/mol. The number of benzene rings is 1. The highest BCUT2D eigenvalue weighted by Gasteiger charge is 2.31. The van der Waals surface area contributed by atoms with Crippen molar-refractivity contribution < 1.29 is 18.7 Å². The predicted octanol–water partition coefficient (Wildman–Crippen LogP) is 2.76. The van der Waals surface area contributed by atoms with Crippen molar-refractivity contribution in [2.75, 3.05) is 6.54 Å². The molecule has 0 bridgehead atoms. The van der Waals surface area contributed by atoms with Crippen LogP contribution in [0.1, 0.15) is 36.7 Å². The minimum Gasteiger partial charge on any atom is -0.444 e. The van der Waals surface area contributed by atoms with Gasteiger partial charge in [-0.05, 0) is 26.8 Å². The molecule has 0 spiro atoms. The molecule has 0 aromatic heterocycles. The molecular formula is C14H16FNO3. The normalized spacial score (nSPS) is 15.2. The average Bonchev–Trinajstić information content (AvgIpc) is 2.28. The lowest BCUT2D eigenvalue weighted by Crippen LogP contribution is -2.42. The van der Waals surface area contributed by atoms with Crippen molar-refractivity contribution >= 4 is 11.9 Å². The summed E-state index contributed by atoms with van der Waals surface area (Å²) in [7, 11) is 0. The van der Waals surface area contributed by atoms with Crippen molar-refractivity contribution in [3.05, 3.63) is 35.1 Å². The number of halogens is 1. The first kappa shape index (κ1) is 13.5. The van der Waals surface area contributed by atoms with Crippen LogP contribution in [-0.4, -0.2) is 28.9 Å². The summed E-state index contributed by atoms with van der Waals surface area (Å²) in [4.78, 5) is 25.0. The molecule has 102 valence electrons. The zero-order valence-electron chi connectivity index (χ0n) is 11.2.